The van der Waals surface area contributed by atoms with Gasteiger partial charge in [-0.1, -0.05) is 36.2 Å². The zero-order valence-corrected chi connectivity index (χ0v) is 18.6. The van der Waals surface area contributed by atoms with Crippen LogP contribution in [-0.2, 0) is 6.42 Å². The second kappa shape index (κ2) is 9.25. The van der Waals surface area contributed by atoms with Crippen LogP contribution in [0.25, 0.3) is 0 Å². The molecule has 3 saturated heterocycles. The number of anilines is 1. The molecule has 4 heterocycles. The molecule has 30 heavy (non-hydrogen) atoms. The van der Waals surface area contributed by atoms with Crippen LogP contribution in [0.5, 0.6) is 0 Å². The summed E-state index contributed by atoms with van der Waals surface area (Å²) in [7, 11) is 0. The molecule has 0 N–H and O–H groups in total. The van der Waals surface area contributed by atoms with Crippen molar-refractivity contribution in [3.05, 3.63) is 59.2 Å². The minimum Gasteiger partial charge on any atom is -0.357 e. The lowest BCUT2D eigenvalue weighted by Crippen LogP contribution is -2.63. The van der Waals surface area contributed by atoms with Crippen molar-refractivity contribution < 1.29 is 0 Å². The van der Waals surface area contributed by atoms with Crippen LogP contribution in [0.15, 0.2) is 48.7 Å². The van der Waals surface area contributed by atoms with Gasteiger partial charge in [-0.25, -0.2) is 4.98 Å². The molecular formula is C25H33ClN4. The Hall–Kier alpha value is -1.62. The van der Waals surface area contributed by atoms with Gasteiger partial charge in [0, 0.05) is 55.5 Å². The van der Waals surface area contributed by atoms with E-state index in [9.17, 15) is 0 Å². The lowest BCUT2D eigenvalue weighted by atomic mass is 9.90. The van der Waals surface area contributed by atoms with E-state index in [-0.39, 0.29) is 0 Å². The molecule has 5 rings (SSSR count). The average molecular weight is 425 g/mol. The average Bonchev–Trinajstić information content (AvgIpc) is 2.81. The Morgan fingerprint density at radius 3 is 2.47 bits per heavy atom. The monoisotopic (exact) mass is 424 g/mol. The first-order valence-corrected chi connectivity index (χ1v) is 12.0. The van der Waals surface area contributed by atoms with Gasteiger partial charge in [0.2, 0.25) is 0 Å². The number of halogens is 1. The molecule has 0 saturated carbocycles. The summed E-state index contributed by atoms with van der Waals surface area (Å²) in [6.45, 7) is 5.97. The van der Waals surface area contributed by atoms with Gasteiger partial charge in [-0.2, -0.15) is 0 Å². The second-order valence-electron chi connectivity index (χ2n) is 9.23. The second-order valence-corrected chi connectivity index (χ2v) is 9.67. The number of piperidine rings is 2. The van der Waals surface area contributed by atoms with Crippen LogP contribution in [0.1, 0.15) is 37.7 Å². The molecule has 3 aliphatic heterocycles. The molecular weight excluding hydrogens is 392 g/mol. The Morgan fingerprint density at radius 1 is 0.867 bits per heavy atom. The number of benzene rings is 1. The van der Waals surface area contributed by atoms with Crippen LogP contribution >= 0.6 is 11.6 Å². The summed E-state index contributed by atoms with van der Waals surface area (Å²) in [5.41, 5.74) is 1.41. The molecule has 0 amide bonds. The van der Waals surface area contributed by atoms with Crippen LogP contribution in [0, 0.1) is 0 Å². The minimum atomic E-state index is 0.604. The Morgan fingerprint density at radius 2 is 1.70 bits per heavy atom. The van der Waals surface area contributed by atoms with Crippen LogP contribution in [-0.4, -0.2) is 65.6 Å². The van der Waals surface area contributed by atoms with Gasteiger partial charge in [-0.15, -0.1) is 0 Å². The number of nitrogens with zero attached hydrogens (tertiary/aromatic N) is 4. The molecule has 2 atom stereocenters. The number of fused-ring (bicyclic) bond motifs is 1. The largest absolute Gasteiger partial charge is 0.357 e. The molecule has 4 nitrogen and oxygen atoms in total. The molecule has 160 valence electrons. The summed E-state index contributed by atoms with van der Waals surface area (Å²) < 4.78 is 0. The van der Waals surface area contributed by atoms with E-state index in [1.807, 2.05) is 24.4 Å². The highest BCUT2D eigenvalue weighted by molar-refractivity contribution is 6.30. The highest BCUT2D eigenvalue weighted by Crippen LogP contribution is 2.31. The molecule has 0 radical (unpaired) electrons. The molecule has 1 aromatic carbocycles. The van der Waals surface area contributed by atoms with Crippen molar-refractivity contribution in [2.45, 2.75) is 56.7 Å². The van der Waals surface area contributed by atoms with Gasteiger partial charge in [-0.3, -0.25) is 9.80 Å². The number of aromatic nitrogens is 1. The van der Waals surface area contributed by atoms with Crippen molar-refractivity contribution in [3.8, 4) is 0 Å². The molecule has 2 aromatic rings. The highest BCUT2D eigenvalue weighted by atomic mass is 35.5. The van der Waals surface area contributed by atoms with Crippen LogP contribution in [0.3, 0.4) is 0 Å². The predicted molar refractivity (Wildman–Crippen MR) is 124 cm³/mol. The maximum Gasteiger partial charge on any atom is 0.128 e. The zero-order chi connectivity index (χ0) is 20.3. The fourth-order valence-corrected chi connectivity index (χ4v) is 5.89. The Balaban J connectivity index is 1.29. The molecule has 0 spiro atoms. The maximum atomic E-state index is 6.13. The van der Waals surface area contributed by atoms with Crippen molar-refractivity contribution in [1.82, 2.24) is 14.8 Å². The van der Waals surface area contributed by atoms with Crippen LogP contribution < -0.4 is 4.90 Å². The summed E-state index contributed by atoms with van der Waals surface area (Å²) in [5, 5.41) is 0.831. The van der Waals surface area contributed by atoms with E-state index in [1.54, 1.807) is 0 Å². The van der Waals surface area contributed by atoms with Gasteiger partial charge in [-0.05, 0) is 68.5 Å². The van der Waals surface area contributed by atoms with Gasteiger partial charge in [0.05, 0.1) is 0 Å². The lowest BCUT2D eigenvalue weighted by Gasteiger charge is -2.52. The van der Waals surface area contributed by atoms with E-state index in [0.29, 0.717) is 12.1 Å². The van der Waals surface area contributed by atoms with E-state index in [1.165, 1.54) is 57.3 Å². The van der Waals surface area contributed by atoms with Gasteiger partial charge < -0.3 is 4.90 Å². The van der Waals surface area contributed by atoms with E-state index < -0.39 is 0 Å². The van der Waals surface area contributed by atoms with E-state index in [0.717, 1.165) is 36.4 Å². The fraction of sp³-hybridized carbons (Fsp3) is 0.560. The third-order valence-corrected chi connectivity index (χ3v) is 7.63. The summed E-state index contributed by atoms with van der Waals surface area (Å²) in [6, 6.07) is 16.8. The predicted octanol–water partition coefficient (Wildman–Crippen LogP) is 4.49. The third-order valence-electron chi connectivity index (χ3n) is 7.38. The van der Waals surface area contributed by atoms with Gasteiger partial charge in [0.1, 0.15) is 5.82 Å². The number of piperazine rings is 1. The summed E-state index contributed by atoms with van der Waals surface area (Å²) >= 11 is 6.13. The molecule has 0 bridgehead atoms. The lowest BCUT2D eigenvalue weighted by molar-refractivity contribution is -0.0192. The van der Waals surface area contributed by atoms with Crippen molar-refractivity contribution in [3.63, 3.8) is 0 Å². The Bertz CT molecular complexity index is 804. The first kappa shape index (κ1) is 20.3. The van der Waals surface area contributed by atoms with Crippen molar-refractivity contribution >= 4 is 17.4 Å². The quantitative estimate of drug-likeness (QED) is 0.721. The SMILES string of the molecule is Clc1ccc(C[C@H]2CN3CCCC[C@H]3CN2C2CCN(c3ccccn3)CC2)cc1. The van der Waals surface area contributed by atoms with Crippen LogP contribution in [0.4, 0.5) is 5.82 Å². The summed E-state index contributed by atoms with van der Waals surface area (Å²) in [4.78, 5) is 12.7. The molecule has 3 fully saturated rings. The van der Waals surface area contributed by atoms with Gasteiger partial charge >= 0.3 is 0 Å². The van der Waals surface area contributed by atoms with Crippen molar-refractivity contribution in [2.24, 2.45) is 0 Å². The maximum absolute atomic E-state index is 6.13. The molecule has 0 aliphatic carbocycles. The number of hydrogen-bond acceptors (Lipinski definition) is 4. The Labute approximate surface area is 185 Å². The van der Waals surface area contributed by atoms with Crippen molar-refractivity contribution in [2.75, 3.05) is 37.6 Å². The van der Waals surface area contributed by atoms with E-state index in [4.69, 9.17) is 11.6 Å². The summed E-state index contributed by atoms with van der Waals surface area (Å²) in [5.74, 6) is 1.13. The number of pyridine rings is 1. The normalized spacial score (nSPS) is 26.5. The van der Waals surface area contributed by atoms with Gasteiger partial charge in [0.15, 0.2) is 0 Å². The van der Waals surface area contributed by atoms with E-state index >= 15 is 0 Å². The first-order chi connectivity index (χ1) is 14.8. The zero-order valence-electron chi connectivity index (χ0n) is 17.8. The topological polar surface area (TPSA) is 22.6 Å². The minimum absolute atomic E-state index is 0.604. The molecule has 1 aromatic heterocycles. The molecule has 0 unspecified atom stereocenters. The molecule has 5 heteroatoms. The summed E-state index contributed by atoms with van der Waals surface area (Å²) in [6.07, 6.45) is 9.64. The fourth-order valence-electron chi connectivity index (χ4n) is 5.76. The number of hydrogen-bond donors (Lipinski definition) is 0. The third kappa shape index (κ3) is 4.51. The standard InChI is InChI=1S/C25H33ClN4/c26-21-9-7-20(8-10-21)17-24-18-29-14-4-2-5-23(29)19-30(24)22-11-15-28(16-12-22)25-6-1-3-13-27-25/h1,3,6-10,13,22-24H,2,4-5,11-12,14-19H2/t23-,24-/m0/s1. The smallest absolute Gasteiger partial charge is 0.128 e. The van der Waals surface area contributed by atoms with Crippen LogP contribution in [0.2, 0.25) is 5.02 Å². The number of rotatable bonds is 4. The highest BCUT2D eigenvalue weighted by Gasteiger charge is 2.39. The first-order valence-electron chi connectivity index (χ1n) is 11.7. The van der Waals surface area contributed by atoms with Crippen molar-refractivity contribution in [1.29, 1.82) is 0 Å². The van der Waals surface area contributed by atoms with Gasteiger partial charge in [0.25, 0.3) is 0 Å². The Kier molecular flexibility index (Phi) is 6.26. The van der Waals surface area contributed by atoms with E-state index in [2.05, 4.69) is 43.9 Å². The molecule has 3 aliphatic rings.